The minimum atomic E-state index is -0.563. The summed E-state index contributed by atoms with van der Waals surface area (Å²) in [5, 5.41) is 15.3. The molecule has 0 saturated carbocycles. The Balaban J connectivity index is 2.94. The Morgan fingerprint density at radius 2 is 2.33 bits per heavy atom. The number of aromatic nitrogens is 2. The number of carbonyl (C=O) groups is 1. The van der Waals surface area contributed by atoms with Crippen molar-refractivity contribution in [3.8, 4) is 6.07 Å². The first-order valence-corrected chi connectivity index (χ1v) is 3.10. The molecule has 0 N–H and O–H groups in total. The quantitative estimate of drug-likeness (QED) is 0.550. The van der Waals surface area contributed by atoms with Crippen LogP contribution in [0.15, 0.2) is 12.1 Å². The number of hydrogen-bond acceptors (Lipinski definition) is 5. The van der Waals surface area contributed by atoms with Crippen LogP contribution in [0.4, 0.5) is 0 Å². The number of ether oxygens (including phenoxy) is 1. The van der Waals surface area contributed by atoms with Crippen LogP contribution in [0.25, 0.3) is 0 Å². The first kappa shape index (κ1) is 8.14. The van der Waals surface area contributed by atoms with E-state index in [4.69, 9.17) is 5.26 Å². The van der Waals surface area contributed by atoms with E-state index >= 15 is 0 Å². The van der Waals surface area contributed by atoms with Crippen molar-refractivity contribution in [2.24, 2.45) is 0 Å². The van der Waals surface area contributed by atoms with E-state index in [1.807, 2.05) is 0 Å². The molecule has 0 spiro atoms. The Hall–Kier alpha value is -1.96. The standard InChI is InChI=1S/C7H5N3O2/c1-12-7(11)6-3-2-5(4-8)9-10-6/h2-3H,1H3. The number of hydrogen-bond donors (Lipinski definition) is 0. The highest BCUT2D eigenvalue weighted by Gasteiger charge is 2.06. The van der Waals surface area contributed by atoms with Gasteiger partial charge in [-0.2, -0.15) is 5.26 Å². The van der Waals surface area contributed by atoms with Crippen LogP contribution in [0, 0.1) is 11.3 Å². The molecule has 1 aromatic heterocycles. The van der Waals surface area contributed by atoms with Crippen molar-refractivity contribution >= 4 is 5.97 Å². The Morgan fingerprint density at radius 1 is 1.58 bits per heavy atom. The van der Waals surface area contributed by atoms with Gasteiger partial charge in [0.1, 0.15) is 6.07 Å². The van der Waals surface area contributed by atoms with Crippen LogP contribution >= 0.6 is 0 Å². The predicted molar refractivity (Wildman–Crippen MR) is 38.1 cm³/mol. The second-order valence-electron chi connectivity index (χ2n) is 1.91. The lowest BCUT2D eigenvalue weighted by Crippen LogP contribution is -2.05. The van der Waals surface area contributed by atoms with Gasteiger partial charge in [-0.25, -0.2) is 4.79 Å². The van der Waals surface area contributed by atoms with Gasteiger partial charge in [0.15, 0.2) is 11.4 Å². The second-order valence-corrected chi connectivity index (χ2v) is 1.91. The van der Waals surface area contributed by atoms with Crippen molar-refractivity contribution in [2.75, 3.05) is 7.11 Å². The molecule has 5 nitrogen and oxygen atoms in total. The van der Waals surface area contributed by atoms with E-state index in [-0.39, 0.29) is 11.4 Å². The highest BCUT2D eigenvalue weighted by atomic mass is 16.5. The minimum Gasteiger partial charge on any atom is -0.464 e. The van der Waals surface area contributed by atoms with Gasteiger partial charge in [0.25, 0.3) is 0 Å². The zero-order valence-corrected chi connectivity index (χ0v) is 6.31. The molecule has 1 rings (SSSR count). The summed E-state index contributed by atoms with van der Waals surface area (Å²) in [4.78, 5) is 10.8. The molecule has 0 aliphatic heterocycles. The molecule has 0 bridgehead atoms. The number of carbonyl (C=O) groups excluding carboxylic acids is 1. The van der Waals surface area contributed by atoms with Gasteiger partial charge in [-0.15, -0.1) is 10.2 Å². The topological polar surface area (TPSA) is 75.9 Å². The van der Waals surface area contributed by atoms with Crippen LogP contribution in [-0.4, -0.2) is 23.3 Å². The van der Waals surface area contributed by atoms with Gasteiger partial charge in [0.2, 0.25) is 0 Å². The Labute approximate surface area is 68.6 Å². The number of nitrogens with zero attached hydrogens (tertiary/aromatic N) is 3. The highest BCUT2D eigenvalue weighted by Crippen LogP contribution is 1.96. The largest absolute Gasteiger partial charge is 0.464 e. The fourth-order valence-corrected chi connectivity index (χ4v) is 0.605. The molecule has 5 heteroatoms. The third kappa shape index (κ3) is 1.55. The van der Waals surface area contributed by atoms with Gasteiger partial charge in [-0.1, -0.05) is 0 Å². The molecule has 60 valence electrons. The lowest BCUT2D eigenvalue weighted by atomic mass is 10.3. The summed E-state index contributed by atoms with van der Waals surface area (Å²) in [6, 6.07) is 4.57. The van der Waals surface area contributed by atoms with Crippen molar-refractivity contribution < 1.29 is 9.53 Å². The summed E-state index contributed by atoms with van der Waals surface area (Å²) in [6.07, 6.45) is 0. The molecule has 0 atom stereocenters. The van der Waals surface area contributed by atoms with Crippen molar-refractivity contribution in [2.45, 2.75) is 0 Å². The van der Waals surface area contributed by atoms with Gasteiger partial charge >= 0.3 is 5.97 Å². The Morgan fingerprint density at radius 3 is 2.75 bits per heavy atom. The first-order chi connectivity index (χ1) is 5.77. The average Bonchev–Trinajstić information content (AvgIpc) is 2.17. The maximum atomic E-state index is 10.8. The molecule has 0 aromatic carbocycles. The fourth-order valence-electron chi connectivity index (χ4n) is 0.605. The second kappa shape index (κ2) is 3.44. The van der Waals surface area contributed by atoms with Crippen LogP contribution < -0.4 is 0 Å². The molecule has 0 aliphatic rings. The number of esters is 1. The molecule has 0 saturated heterocycles. The van der Waals surface area contributed by atoms with E-state index in [1.165, 1.54) is 19.2 Å². The van der Waals surface area contributed by atoms with Gasteiger partial charge < -0.3 is 4.74 Å². The van der Waals surface area contributed by atoms with E-state index in [1.54, 1.807) is 6.07 Å². The Kier molecular flexibility index (Phi) is 2.33. The molecule has 1 heterocycles. The summed E-state index contributed by atoms with van der Waals surface area (Å²) in [5.74, 6) is -0.563. The molecule has 1 aromatic rings. The zero-order chi connectivity index (χ0) is 8.97. The number of methoxy groups -OCH3 is 1. The monoisotopic (exact) mass is 163 g/mol. The van der Waals surface area contributed by atoms with E-state index in [9.17, 15) is 4.79 Å². The lowest BCUT2D eigenvalue weighted by Gasteiger charge is -1.94. The summed E-state index contributed by atoms with van der Waals surface area (Å²) < 4.78 is 4.39. The lowest BCUT2D eigenvalue weighted by molar-refractivity contribution is 0.0592. The van der Waals surface area contributed by atoms with Crippen LogP contribution in [0.5, 0.6) is 0 Å². The van der Waals surface area contributed by atoms with E-state index in [0.717, 1.165) is 0 Å². The van der Waals surface area contributed by atoms with Gasteiger partial charge in [0, 0.05) is 0 Å². The van der Waals surface area contributed by atoms with Crippen LogP contribution in [-0.2, 0) is 4.74 Å². The van der Waals surface area contributed by atoms with Crippen molar-refractivity contribution in [3.05, 3.63) is 23.5 Å². The number of nitriles is 1. The van der Waals surface area contributed by atoms with Gasteiger partial charge in [-0.05, 0) is 12.1 Å². The summed E-state index contributed by atoms with van der Waals surface area (Å²) in [5.41, 5.74) is 0.263. The SMILES string of the molecule is COC(=O)c1ccc(C#N)nn1. The normalized spacial score (nSPS) is 8.67. The average molecular weight is 163 g/mol. The van der Waals surface area contributed by atoms with Crippen molar-refractivity contribution in [1.82, 2.24) is 10.2 Å². The molecule has 0 unspecified atom stereocenters. The maximum absolute atomic E-state index is 10.8. The van der Waals surface area contributed by atoms with E-state index in [2.05, 4.69) is 14.9 Å². The summed E-state index contributed by atoms with van der Waals surface area (Å²) in [6.45, 7) is 0. The van der Waals surface area contributed by atoms with Gasteiger partial charge in [-0.3, -0.25) is 0 Å². The molecule has 0 amide bonds. The molecule has 12 heavy (non-hydrogen) atoms. The van der Waals surface area contributed by atoms with E-state index in [0.29, 0.717) is 0 Å². The maximum Gasteiger partial charge on any atom is 0.358 e. The molecular formula is C7H5N3O2. The van der Waals surface area contributed by atoms with Crippen molar-refractivity contribution in [3.63, 3.8) is 0 Å². The number of rotatable bonds is 1. The smallest absolute Gasteiger partial charge is 0.358 e. The third-order valence-electron chi connectivity index (χ3n) is 1.17. The first-order valence-electron chi connectivity index (χ1n) is 3.10. The summed E-state index contributed by atoms with van der Waals surface area (Å²) in [7, 11) is 1.25. The van der Waals surface area contributed by atoms with E-state index < -0.39 is 5.97 Å². The molecule has 0 fully saturated rings. The fraction of sp³-hybridized carbons (Fsp3) is 0.143. The molecule has 0 radical (unpaired) electrons. The highest BCUT2D eigenvalue weighted by molar-refractivity contribution is 5.86. The molecular weight excluding hydrogens is 158 g/mol. The molecule has 0 aliphatic carbocycles. The predicted octanol–water partition coefficient (Wildman–Crippen LogP) is 0.135. The third-order valence-corrected chi connectivity index (χ3v) is 1.17. The zero-order valence-electron chi connectivity index (χ0n) is 6.31. The van der Waals surface area contributed by atoms with Crippen molar-refractivity contribution in [1.29, 1.82) is 5.26 Å². The van der Waals surface area contributed by atoms with Crippen LogP contribution in [0.2, 0.25) is 0 Å². The Bertz CT molecular complexity index is 325. The van der Waals surface area contributed by atoms with Gasteiger partial charge in [0.05, 0.1) is 7.11 Å². The summed E-state index contributed by atoms with van der Waals surface area (Å²) >= 11 is 0. The minimum absolute atomic E-state index is 0.0940. The van der Waals surface area contributed by atoms with Crippen LogP contribution in [0.3, 0.4) is 0 Å². The van der Waals surface area contributed by atoms with Crippen LogP contribution in [0.1, 0.15) is 16.2 Å².